The van der Waals surface area contributed by atoms with Crippen LogP contribution in [0.2, 0.25) is 0 Å². The van der Waals surface area contributed by atoms with Crippen molar-refractivity contribution < 1.29 is 21.2 Å². The highest BCUT2D eigenvalue weighted by Crippen LogP contribution is 2.33. The number of halogens is 1. The Morgan fingerprint density at radius 2 is 1.90 bits per heavy atom. The Bertz CT molecular complexity index is 743. The minimum atomic E-state index is -4.10. The molecule has 1 aromatic carbocycles. The molecule has 21 heavy (non-hydrogen) atoms. The van der Waals surface area contributed by atoms with Crippen LogP contribution in [0.25, 0.3) is 0 Å². The molecular weight excluding hydrogens is 319 g/mol. The van der Waals surface area contributed by atoms with Crippen molar-refractivity contribution in [2.24, 2.45) is 5.73 Å². The number of sulfonamides is 1. The van der Waals surface area contributed by atoms with Crippen molar-refractivity contribution in [1.29, 1.82) is 0 Å². The van der Waals surface area contributed by atoms with Gasteiger partial charge >= 0.3 is 0 Å². The van der Waals surface area contributed by atoms with E-state index in [-0.39, 0.29) is 24.0 Å². The van der Waals surface area contributed by atoms with Gasteiger partial charge in [0, 0.05) is 25.4 Å². The molecule has 118 valence electrons. The highest BCUT2D eigenvalue weighted by atomic mass is 32.2. The molecule has 9 heteroatoms. The van der Waals surface area contributed by atoms with Gasteiger partial charge in [-0.25, -0.2) is 21.2 Å². The van der Waals surface area contributed by atoms with Crippen molar-refractivity contribution in [3.63, 3.8) is 0 Å². The first-order valence-corrected chi connectivity index (χ1v) is 9.72. The van der Waals surface area contributed by atoms with Gasteiger partial charge in [-0.3, -0.25) is 0 Å². The van der Waals surface area contributed by atoms with E-state index in [1.54, 1.807) is 0 Å². The van der Waals surface area contributed by atoms with E-state index >= 15 is 0 Å². The van der Waals surface area contributed by atoms with Gasteiger partial charge in [0.2, 0.25) is 10.0 Å². The van der Waals surface area contributed by atoms with E-state index in [1.165, 1.54) is 0 Å². The quantitative estimate of drug-likeness (QED) is 0.756. The van der Waals surface area contributed by atoms with Gasteiger partial charge in [-0.05, 0) is 31.0 Å². The van der Waals surface area contributed by atoms with Crippen LogP contribution in [0, 0.1) is 5.82 Å². The van der Waals surface area contributed by atoms with Crippen molar-refractivity contribution in [1.82, 2.24) is 4.31 Å². The number of benzene rings is 1. The molecule has 1 saturated carbocycles. The van der Waals surface area contributed by atoms with Crippen LogP contribution in [-0.4, -0.2) is 46.5 Å². The first-order valence-electron chi connectivity index (χ1n) is 6.39. The van der Waals surface area contributed by atoms with E-state index in [2.05, 4.69) is 0 Å². The summed E-state index contributed by atoms with van der Waals surface area (Å²) >= 11 is 0. The van der Waals surface area contributed by atoms with Gasteiger partial charge in [0.25, 0.3) is 0 Å². The molecular formula is C12H17FN2O4S2. The van der Waals surface area contributed by atoms with E-state index < -0.39 is 30.6 Å². The summed E-state index contributed by atoms with van der Waals surface area (Å²) < 4.78 is 63.2. The van der Waals surface area contributed by atoms with Crippen LogP contribution in [0.3, 0.4) is 0 Å². The van der Waals surface area contributed by atoms with Crippen LogP contribution < -0.4 is 5.73 Å². The topological polar surface area (TPSA) is 97.5 Å². The summed E-state index contributed by atoms with van der Waals surface area (Å²) in [6.07, 6.45) is 2.34. The fourth-order valence-electron chi connectivity index (χ4n) is 2.03. The van der Waals surface area contributed by atoms with Crippen LogP contribution in [-0.2, 0) is 19.9 Å². The van der Waals surface area contributed by atoms with Gasteiger partial charge < -0.3 is 5.73 Å². The van der Waals surface area contributed by atoms with Crippen molar-refractivity contribution in [3.8, 4) is 0 Å². The summed E-state index contributed by atoms with van der Waals surface area (Å²) in [5, 5.41) is 0. The first-order chi connectivity index (χ1) is 9.67. The maximum Gasteiger partial charge on any atom is 0.246 e. The molecule has 0 unspecified atom stereocenters. The second-order valence-corrected chi connectivity index (χ2v) is 8.87. The zero-order chi connectivity index (χ0) is 15.8. The molecule has 2 rings (SSSR count). The molecule has 0 saturated heterocycles. The molecule has 1 aromatic rings. The molecule has 0 amide bonds. The smallest absolute Gasteiger partial charge is 0.246 e. The summed E-state index contributed by atoms with van der Waals surface area (Å²) in [4.78, 5) is -0.850. The Balaban J connectivity index is 2.53. The average molecular weight is 336 g/mol. The second kappa shape index (κ2) is 5.64. The Morgan fingerprint density at radius 1 is 1.29 bits per heavy atom. The van der Waals surface area contributed by atoms with E-state index in [0.717, 1.165) is 28.8 Å². The summed E-state index contributed by atoms with van der Waals surface area (Å²) in [7, 11) is -7.72. The third-order valence-electron chi connectivity index (χ3n) is 3.22. The number of nitrogens with two attached hydrogens (primary N) is 1. The number of nitrogens with zero attached hydrogens (tertiary/aromatic N) is 1. The predicted octanol–water partition coefficient (Wildman–Crippen LogP) is 0.341. The lowest BCUT2D eigenvalue weighted by atomic mass is 10.3. The fourth-order valence-corrected chi connectivity index (χ4v) is 4.54. The van der Waals surface area contributed by atoms with E-state index in [4.69, 9.17) is 5.73 Å². The number of hydrogen-bond acceptors (Lipinski definition) is 5. The maximum atomic E-state index is 13.9. The summed E-state index contributed by atoms with van der Waals surface area (Å²) in [5.41, 5.74) is 5.41. The van der Waals surface area contributed by atoms with Crippen LogP contribution in [0.5, 0.6) is 0 Å². The monoisotopic (exact) mass is 336 g/mol. The second-order valence-electron chi connectivity index (χ2n) is 5.00. The van der Waals surface area contributed by atoms with Crippen molar-refractivity contribution in [3.05, 3.63) is 24.0 Å². The van der Waals surface area contributed by atoms with Crippen molar-refractivity contribution >= 4 is 19.9 Å². The molecule has 1 aliphatic carbocycles. The van der Waals surface area contributed by atoms with E-state index in [0.29, 0.717) is 12.8 Å². The van der Waals surface area contributed by atoms with Crippen LogP contribution in [0.1, 0.15) is 12.8 Å². The summed E-state index contributed by atoms with van der Waals surface area (Å²) in [5.74, 6) is -0.968. The van der Waals surface area contributed by atoms with Crippen LogP contribution in [0.15, 0.2) is 28.0 Å². The van der Waals surface area contributed by atoms with E-state index in [9.17, 15) is 21.2 Å². The number of rotatable bonds is 6. The molecule has 0 aliphatic heterocycles. The third kappa shape index (κ3) is 3.42. The average Bonchev–Trinajstić information content (AvgIpc) is 3.18. The third-order valence-corrected chi connectivity index (χ3v) is 6.30. The highest BCUT2D eigenvalue weighted by Gasteiger charge is 2.39. The molecule has 2 N–H and O–H groups in total. The highest BCUT2D eigenvalue weighted by molar-refractivity contribution is 7.91. The molecule has 6 nitrogen and oxygen atoms in total. The zero-order valence-electron chi connectivity index (χ0n) is 11.5. The summed E-state index contributed by atoms with van der Waals surface area (Å²) in [6.45, 7) is 0.193. The van der Waals surface area contributed by atoms with Crippen molar-refractivity contribution in [2.45, 2.75) is 28.7 Å². The lowest BCUT2D eigenvalue weighted by Crippen LogP contribution is -2.37. The molecule has 0 bridgehead atoms. The lowest BCUT2D eigenvalue weighted by molar-refractivity contribution is 0.407. The minimum Gasteiger partial charge on any atom is -0.329 e. The Hall–Kier alpha value is -1.03. The predicted molar refractivity (Wildman–Crippen MR) is 75.5 cm³/mol. The molecule has 0 aromatic heterocycles. The normalized spacial score (nSPS) is 16.4. The van der Waals surface area contributed by atoms with Gasteiger partial charge in [0.1, 0.15) is 10.7 Å². The zero-order valence-corrected chi connectivity index (χ0v) is 13.1. The summed E-state index contributed by atoms with van der Waals surface area (Å²) in [6, 6.07) is 2.59. The van der Waals surface area contributed by atoms with Gasteiger partial charge in [-0.15, -0.1) is 0 Å². The lowest BCUT2D eigenvalue weighted by Gasteiger charge is -2.21. The largest absolute Gasteiger partial charge is 0.329 e. The van der Waals surface area contributed by atoms with Crippen molar-refractivity contribution in [2.75, 3.05) is 19.3 Å². The van der Waals surface area contributed by atoms with E-state index in [1.807, 2.05) is 0 Å². The number of sulfone groups is 1. The van der Waals surface area contributed by atoms with Gasteiger partial charge in [-0.2, -0.15) is 4.31 Å². The molecule has 1 aliphatic rings. The Morgan fingerprint density at radius 3 is 2.38 bits per heavy atom. The molecule has 0 atom stereocenters. The Labute approximate surface area is 123 Å². The molecule has 1 fully saturated rings. The minimum absolute atomic E-state index is 0.0789. The molecule has 0 radical (unpaired) electrons. The first kappa shape index (κ1) is 16.3. The standard InChI is InChI=1S/C12H17FN2O4S2/c1-20(16,17)10-4-5-11(13)12(8-10)21(18,19)15(7-6-14)9-2-3-9/h4-5,8-9H,2-3,6-7,14H2,1H3. The number of hydrogen-bond donors (Lipinski definition) is 1. The van der Waals surface area contributed by atoms with Gasteiger partial charge in [-0.1, -0.05) is 0 Å². The molecule has 0 heterocycles. The molecule has 0 spiro atoms. The van der Waals surface area contributed by atoms with Gasteiger partial charge in [0.05, 0.1) is 4.90 Å². The maximum absolute atomic E-state index is 13.9. The Kier molecular flexibility index (Phi) is 4.39. The SMILES string of the molecule is CS(=O)(=O)c1ccc(F)c(S(=O)(=O)N(CCN)C2CC2)c1. The van der Waals surface area contributed by atoms with Crippen LogP contribution >= 0.6 is 0 Å². The van der Waals surface area contributed by atoms with Gasteiger partial charge in [0.15, 0.2) is 9.84 Å². The van der Waals surface area contributed by atoms with Crippen LogP contribution in [0.4, 0.5) is 4.39 Å². The fraction of sp³-hybridized carbons (Fsp3) is 0.500.